The highest BCUT2D eigenvalue weighted by molar-refractivity contribution is 6.01. The summed E-state index contributed by atoms with van der Waals surface area (Å²) in [6.07, 6.45) is 1.99. The minimum absolute atomic E-state index is 0.0812. The van der Waals surface area contributed by atoms with Gasteiger partial charge < -0.3 is 20.5 Å². The van der Waals surface area contributed by atoms with Crippen molar-refractivity contribution in [3.8, 4) is 11.1 Å². The van der Waals surface area contributed by atoms with Gasteiger partial charge in [0.15, 0.2) is 11.6 Å². The van der Waals surface area contributed by atoms with Gasteiger partial charge in [-0.1, -0.05) is 6.07 Å². The van der Waals surface area contributed by atoms with Gasteiger partial charge >= 0.3 is 12.2 Å². The Morgan fingerprint density at radius 2 is 1.83 bits per heavy atom. The largest absolute Gasteiger partial charge is 0.416 e. The number of pyridine rings is 1. The third-order valence-electron chi connectivity index (χ3n) is 7.63. The molecule has 1 aliphatic carbocycles. The van der Waals surface area contributed by atoms with Gasteiger partial charge in [0.2, 0.25) is 0 Å². The monoisotopic (exact) mass is 583 g/mol. The summed E-state index contributed by atoms with van der Waals surface area (Å²) < 4.78 is 58.8. The number of benzene rings is 1. The number of carbonyl (C=O) groups is 1. The van der Waals surface area contributed by atoms with E-state index < -0.39 is 23.6 Å². The second kappa shape index (κ2) is 10.8. The number of urea groups is 1. The molecule has 0 bridgehead atoms. The van der Waals surface area contributed by atoms with Gasteiger partial charge in [0.05, 0.1) is 10.9 Å². The van der Waals surface area contributed by atoms with Crippen LogP contribution in [0.5, 0.6) is 0 Å². The first-order valence-electron chi connectivity index (χ1n) is 13.5. The zero-order valence-corrected chi connectivity index (χ0v) is 22.7. The molecule has 6 rings (SSSR count). The number of likely N-dealkylation sites (N-methyl/N-ethyl adjacent to an activating group) is 1. The van der Waals surface area contributed by atoms with E-state index in [2.05, 4.69) is 30.5 Å². The first kappa shape index (κ1) is 27.8. The van der Waals surface area contributed by atoms with Crippen molar-refractivity contribution in [2.45, 2.75) is 31.6 Å². The van der Waals surface area contributed by atoms with Gasteiger partial charge in [-0.25, -0.2) is 24.1 Å². The molecule has 10 nitrogen and oxygen atoms in total. The van der Waals surface area contributed by atoms with E-state index in [4.69, 9.17) is 5.73 Å². The summed E-state index contributed by atoms with van der Waals surface area (Å²) >= 11 is 0. The summed E-state index contributed by atoms with van der Waals surface area (Å²) in [5.41, 5.74) is 6.99. The van der Waals surface area contributed by atoms with Crippen LogP contribution in [0.4, 0.5) is 39.7 Å². The average Bonchev–Trinajstić information content (AvgIpc) is 3.71. The maximum absolute atomic E-state index is 15.1. The van der Waals surface area contributed by atoms with E-state index in [0.29, 0.717) is 35.2 Å². The highest BCUT2D eigenvalue weighted by atomic mass is 19.4. The number of piperazine rings is 1. The predicted molar refractivity (Wildman–Crippen MR) is 150 cm³/mol. The zero-order chi connectivity index (χ0) is 29.6. The summed E-state index contributed by atoms with van der Waals surface area (Å²) in [5.74, 6) is -0.956. The van der Waals surface area contributed by atoms with Crippen molar-refractivity contribution in [2.24, 2.45) is 0 Å². The van der Waals surface area contributed by atoms with Gasteiger partial charge in [0.25, 0.3) is 0 Å². The molecule has 1 saturated heterocycles. The molecule has 4 N–H and O–H groups in total. The van der Waals surface area contributed by atoms with Crippen molar-refractivity contribution in [2.75, 3.05) is 49.6 Å². The highest BCUT2D eigenvalue weighted by Gasteiger charge is 2.34. The summed E-state index contributed by atoms with van der Waals surface area (Å²) in [6.45, 7) is 3.03. The number of hydrogen-bond acceptors (Lipinski definition) is 7. The van der Waals surface area contributed by atoms with Crippen molar-refractivity contribution < 1.29 is 22.4 Å². The topological polar surface area (TPSA) is 117 Å². The number of aromatic nitrogens is 4. The highest BCUT2D eigenvalue weighted by Crippen LogP contribution is 2.42. The number of nitrogen functional groups attached to an aromatic ring is 1. The number of carbonyl (C=O) groups excluding carboxylic acids is 1. The molecule has 0 spiro atoms. The standard InChI is InChI=1S/C28H29F4N9O/c1-39-6-8-40(9-7-39)13-16-2-3-18(11-21(16)28(30,31)32)37-27(42)38-25-22(29)10-17(12-34-25)20-14-41(19-4-5-19)26-23(20)24(33)35-15-36-26/h2-3,10-12,14-15,19H,4-9,13H2,1H3,(H2,33,35,36)(H2,34,37,38,42). The molecule has 4 aromatic rings. The summed E-state index contributed by atoms with van der Waals surface area (Å²) in [4.78, 5) is 29.2. The van der Waals surface area contributed by atoms with Crippen molar-refractivity contribution >= 4 is 34.4 Å². The number of rotatable bonds is 6. The lowest BCUT2D eigenvalue weighted by Crippen LogP contribution is -2.44. The van der Waals surface area contributed by atoms with E-state index in [0.717, 1.165) is 32.0 Å². The molecule has 0 unspecified atom stereocenters. The quantitative estimate of drug-likeness (QED) is 0.275. The van der Waals surface area contributed by atoms with Crippen molar-refractivity contribution in [3.05, 3.63) is 59.9 Å². The first-order chi connectivity index (χ1) is 20.1. The fourth-order valence-corrected chi connectivity index (χ4v) is 5.21. The Kier molecular flexibility index (Phi) is 7.19. The lowest BCUT2D eigenvalue weighted by Gasteiger charge is -2.33. The Balaban J connectivity index is 1.18. The molecule has 2 aliphatic rings. The van der Waals surface area contributed by atoms with Crippen LogP contribution in [0, 0.1) is 5.82 Å². The molecule has 2 fully saturated rings. The van der Waals surface area contributed by atoms with Gasteiger partial charge in [-0.15, -0.1) is 0 Å². The van der Waals surface area contributed by atoms with Crippen LogP contribution >= 0.6 is 0 Å². The van der Waals surface area contributed by atoms with Crippen molar-refractivity contribution in [1.29, 1.82) is 0 Å². The molecule has 2 amide bonds. The number of nitrogens with one attached hydrogen (secondary N) is 2. The lowest BCUT2D eigenvalue weighted by molar-refractivity contribution is -0.138. The van der Waals surface area contributed by atoms with E-state index >= 15 is 4.39 Å². The second-order valence-corrected chi connectivity index (χ2v) is 10.7. The second-order valence-electron chi connectivity index (χ2n) is 10.7. The van der Waals surface area contributed by atoms with Crippen LogP contribution in [-0.2, 0) is 12.7 Å². The van der Waals surface area contributed by atoms with E-state index in [1.54, 1.807) is 0 Å². The normalized spacial score (nSPS) is 16.6. The number of amides is 2. The fourth-order valence-electron chi connectivity index (χ4n) is 5.21. The molecule has 4 heterocycles. The number of fused-ring (bicyclic) bond motifs is 1. The van der Waals surface area contributed by atoms with Crippen LogP contribution in [0.25, 0.3) is 22.2 Å². The number of alkyl halides is 3. The van der Waals surface area contributed by atoms with Crippen molar-refractivity contribution in [1.82, 2.24) is 29.3 Å². The maximum atomic E-state index is 15.1. The van der Waals surface area contributed by atoms with Gasteiger partial charge in [0.1, 0.15) is 17.8 Å². The van der Waals surface area contributed by atoms with Gasteiger partial charge in [-0.3, -0.25) is 10.2 Å². The summed E-state index contributed by atoms with van der Waals surface area (Å²) in [7, 11) is 1.97. The van der Waals surface area contributed by atoms with Crippen molar-refractivity contribution in [3.63, 3.8) is 0 Å². The van der Waals surface area contributed by atoms with E-state index in [-0.39, 0.29) is 35.5 Å². The van der Waals surface area contributed by atoms with Gasteiger partial charge in [-0.05, 0) is 43.7 Å². The van der Waals surface area contributed by atoms with Crippen LogP contribution in [0.15, 0.2) is 43.0 Å². The minimum Gasteiger partial charge on any atom is -0.383 e. The Morgan fingerprint density at radius 1 is 1.07 bits per heavy atom. The molecule has 1 aromatic carbocycles. The SMILES string of the molecule is CN1CCN(Cc2ccc(NC(=O)Nc3ncc(-c4cn(C5CC5)c5ncnc(N)c45)cc3F)cc2C(F)(F)F)CC1. The molecule has 1 saturated carbocycles. The van der Waals surface area contributed by atoms with E-state index in [9.17, 15) is 18.0 Å². The lowest BCUT2D eigenvalue weighted by atomic mass is 10.0. The Bertz CT molecular complexity index is 1640. The molecule has 14 heteroatoms. The fraction of sp³-hybridized carbons (Fsp3) is 0.357. The Hall–Kier alpha value is -4.30. The zero-order valence-electron chi connectivity index (χ0n) is 22.7. The molecule has 0 atom stereocenters. The smallest absolute Gasteiger partial charge is 0.383 e. The number of halogens is 4. The molecule has 0 radical (unpaired) electrons. The summed E-state index contributed by atoms with van der Waals surface area (Å²) in [5, 5.41) is 5.22. The molecule has 42 heavy (non-hydrogen) atoms. The van der Waals surface area contributed by atoms with Crippen LogP contribution < -0.4 is 16.4 Å². The maximum Gasteiger partial charge on any atom is 0.416 e. The first-order valence-corrected chi connectivity index (χ1v) is 13.5. The third kappa shape index (κ3) is 5.72. The molecular weight excluding hydrogens is 554 g/mol. The van der Waals surface area contributed by atoms with Crippen LogP contribution in [-0.4, -0.2) is 68.6 Å². The Labute approximate surface area is 238 Å². The third-order valence-corrected chi connectivity index (χ3v) is 7.63. The van der Waals surface area contributed by atoms with Gasteiger partial charge in [-0.2, -0.15) is 13.2 Å². The number of nitrogens with zero attached hydrogens (tertiary/aromatic N) is 6. The summed E-state index contributed by atoms with van der Waals surface area (Å²) in [6, 6.07) is 4.21. The average molecular weight is 584 g/mol. The van der Waals surface area contributed by atoms with Crippen LogP contribution in [0.3, 0.4) is 0 Å². The van der Waals surface area contributed by atoms with Crippen LogP contribution in [0.2, 0.25) is 0 Å². The number of hydrogen-bond donors (Lipinski definition) is 3. The minimum atomic E-state index is -4.61. The predicted octanol–water partition coefficient (Wildman–Crippen LogP) is 4.96. The van der Waals surface area contributed by atoms with Gasteiger partial charge in [0, 0.05) is 68.0 Å². The van der Waals surface area contributed by atoms with Crippen LogP contribution in [0.1, 0.15) is 30.0 Å². The number of anilines is 3. The number of nitrogens with two attached hydrogens (primary N) is 1. The molecule has 3 aromatic heterocycles. The Morgan fingerprint density at radius 3 is 2.52 bits per heavy atom. The van der Waals surface area contributed by atoms with E-state index in [1.165, 1.54) is 30.7 Å². The molecule has 1 aliphatic heterocycles. The van der Waals surface area contributed by atoms with E-state index in [1.807, 2.05) is 22.7 Å². The molecular formula is C28H29F4N9O. The molecule has 220 valence electrons.